The van der Waals surface area contributed by atoms with Gasteiger partial charge in [0.15, 0.2) is 0 Å². The van der Waals surface area contributed by atoms with E-state index in [4.69, 9.17) is 0 Å². The summed E-state index contributed by atoms with van der Waals surface area (Å²) in [6.45, 7) is 5.26. The van der Waals surface area contributed by atoms with Crippen LogP contribution in [0.25, 0.3) is 0 Å². The van der Waals surface area contributed by atoms with E-state index in [1.54, 1.807) is 24.3 Å². The summed E-state index contributed by atoms with van der Waals surface area (Å²) in [7, 11) is -3.85. The average Bonchev–Trinajstić information content (AvgIpc) is 2.94. The van der Waals surface area contributed by atoms with Crippen molar-refractivity contribution in [1.82, 2.24) is 10.2 Å². The second kappa shape index (κ2) is 14.1. The summed E-state index contributed by atoms with van der Waals surface area (Å²) < 4.78 is 40.7. The second-order valence-corrected chi connectivity index (χ2v) is 11.8. The Balaban J connectivity index is 2.07. The van der Waals surface area contributed by atoms with Gasteiger partial charge in [0.25, 0.3) is 0 Å². The van der Waals surface area contributed by atoms with Crippen LogP contribution < -0.4 is 9.62 Å². The third-order valence-electron chi connectivity index (χ3n) is 6.86. The predicted octanol–water partition coefficient (Wildman–Crippen LogP) is 4.71. The second-order valence-electron chi connectivity index (χ2n) is 9.92. The van der Waals surface area contributed by atoms with Crippen LogP contribution in [-0.2, 0) is 39.0 Å². The van der Waals surface area contributed by atoms with Crippen molar-refractivity contribution in [3.63, 3.8) is 0 Å². The summed E-state index contributed by atoms with van der Waals surface area (Å²) in [4.78, 5) is 29.2. The smallest absolute Gasteiger partial charge is 0.244 e. The van der Waals surface area contributed by atoms with Crippen LogP contribution in [-0.4, -0.2) is 50.0 Å². The number of hydrogen-bond donors (Lipinski definition) is 1. The molecule has 0 aromatic heterocycles. The third kappa shape index (κ3) is 8.39. The van der Waals surface area contributed by atoms with Gasteiger partial charge in [0.05, 0.1) is 11.9 Å². The minimum Gasteiger partial charge on any atom is -0.352 e. The molecule has 0 spiro atoms. The molecular formula is C31H38FN3O4S. The molecule has 3 rings (SSSR count). The number of amides is 2. The Kier molecular flexibility index (Phi) is 10.8. The predicted molar refractivity (Wildman–Crippen MR) is 157 cm³/mol. The monoisotopic (exact) mass is 567 g/mol. The first-order valence-electron chi connectivity index (χ1n) is 13.5. The third-order valence-corrected chi connectivity index (χ3v) is 7.99. The highest BCUT2D eigenvalue weighted by molar-refractivity contribution is 7.92. The Morgan fingerprint density at radius 3 is 2.12 bits per heavy atom. The molecule has 1 N–H and O–H groups in total. The van der Waals surface area contributed by atoms with Gasteiger partial charge in [-0.1, -0.05) is 74.5 Å². The minimum absolute atomic E-state index is 0.00241. The van der Waals surface area contributed by atoms with Crippen molar-refractivity contribution in [2.24, 2.45) is 0 Å². The normalized spacial score (nSPS) is 12.8. The molecule has 0 aliphatic carbocycles. The van der Waals surface area contributed by atoms with Gasteiger partial charge in [0, 0.05) is 19.0 Å². The highest BCUT2D eigenvalue weighted by Crippen LogP contribution is 2.24. The Hall–Kier alpha value is -3.72. The quantitative estimate of drug-likeness (QED) is 0.324. The lowest BCUT2D eigenvalue weighted by atomic mass is 10.0. The number of nitrogens with zero attached hydrogens (tertiary/aromatic N) is 2. The zero-order chi connectivity index (χ0) is 29.3. The first kappa shape index (κ1) is 30.8. The molecule has 0 bridgehead atoms. The molecule has 214 valence electrons. The first-order chi connectivity index (χ1) is 19.0. The lowest BCUT2D eigenvalue weighted by molar-refractivity contribution is -0.140. The van der Waals surface area contributed by atoms with E-state index < -0.39 is 34.3 Å². The van der Waals surface area contributed by atoms with Crippen molar-refractivity contribution in [3.8, 4) is 0 Å². The zero-order valence-electron chi connectivity index (χ0n) is 23.5. The minimum atomic E-state index is -3.85. The van der Waals surface area contributed by atoms with Crippen molar-refractivity contribution < 1.29 is 22.4 Å². The molecule has 7 nitrogen and oxygen atoms in total. The van der Waals surface area contributed by atoms with Crippen molar-refractivity contribution in [2.45, 2.75) is 58.7 Å². The highest BCUT2D eigenvalue weighted by Gasteiger charge is 2.33. The van der Waals surface area contributed by atoms with Crippen molar-refractivity contribution in [3.05, 3.63) is 101 Å². The largest absolute Gasteiger partial charge is 0.352 e. The number of rotatable bonds is 13. The van der Waals surface area contributed by atoms with Crippen LogP contribution in [0.1, 0.15) is 43.9 Å². The summed E-state index contributed by atoms with van der Waals surface area (Å²) in [6.07, 6.45) is 2.56. The molecule has 2 amide bonds. The number of anilines is 1. The lowest BCUT2D eigenvalue weighted by Gasteiger charge is -2.34. The maximum atomic E-state index is 14.1. The van der Waals surface area contributed by atoms with Crippen LogP contribution in [0.3, 0.4) is 0 Å². The summed E-state index contributed by atoms with van der Waals surface area (Å²) in [6, 6.07) is 21.0. The number of carbonyl (C=O) groups excluding carboxylic acids is 2. The lowest BCUT2D eigenvalue weighted by Crippen LogP contribution is -2.54. The summed E-state index contributed by atoms with van der Waals surface area (Å²) in [5.41, 5.74) is 2.66. The first-order valence-corrected chi connectivity index (χ1v) is 15.3. The van der Waals surface area contributed by atoms with Crippen molar-refractivity contribution in [2.75, 3.05) is 17.1 Å². The molecule has 0 radical (unpaired) electrons. The van der Waals surface area contributed by atoms with E-state index >= 15 is 0 Å². The number of sulfonamides is 1. The highest BCUT2D eigenvalue weighted by atomic mass is 32.2. The molecule has 40 heavy (non-hydrogen) atoms. The van der Waals surface area contributed by atoms with E-state index in [2.05, 4.69) is 5.32 Å². The van der Waals surface area contributed by atoms with Gasteiger partial charge in [-0.15, -0.1) is 0 Å². The topological polar surface area (TPSA) is 86.8 Å². The fourth-order valence-corrected chi connectivity index (χ4v) is 5.31. The van der Waals surface area contributed by atoms with Crippen LogP contribution in [0.15, 0.2) is 78.9 Å². The molecule has 0 saturated carbocycles. The van der Waals surface area contributed by atoms with Gasteiger partial charge in [-0.3, -0.25) is 13.9 Å². The van der Waals surface area contributed by atoms with Crippen molar-refractivity contribution >= 4 is 27.5 Å². The molecule has 3 aromatic rings. The fraction of sp³-hybridized carbons (Fsp3) is 0.355. The maximum Gasteiger partial charge on any atom is 0.244 e. The summed E-state index contributed by atoms with van der Waals surface area (Å²) >= 11 is 0. The molecular weight excluding hydrogens is 529 g/mol. The summed E-state index contributed by atoms with van der Waals surface area (Å²) in [5, 5.41) is 2.99. The Morgan fingerprint density at radius 2 is 1.52 bits per heavy atom. The zero-order valence-corrected chi connectivity index (χ0v) is 24.3. The van der Waals surface area contributed by atoms with Gasteiger partial charge in [-0.25, -0.2) is 12.8 Å². The van der Waals surface area contributed by atoms with Gasteiger partial charge in [0.1, 0.15) is 18.4 Å². The molecule has 0 aliphatic rings. The van der Waals surface area contributed by atoms with Crippen LogP contribution in [0.2, 0.25) is 0 Å². The van der Waals surface area contributed by atoms with E-state index in [1.165, 1.54) is 17.0 Å². The SMILES string of the molecule is CCc1ccccc1N(CC(=O)N(Cc1ccc(F)cc1)[C@H](Cc1ccccc1)C(=O)N[C@@H](C)CC)S(C)(=O)=O. The number of hydrogen-bond acceptors (Lipinski definition) is 4. The maximum absolute atomic E-state index is 14.1. The van der Waals surface area contributed by atoms with Crippen molar-refractivity contribution in [1.29, 1.82) is 0 Å². The van der Waals surface area contributed by atoms with Gasteiger partial charge < -0.3 is 10.2 Å². The van der Waals surface area contributed by atoms with E-state index in [-0.39, 0.29) is 24.9 Å². The average molecular weight is 568 g/mol. The van der Waals surface area contributed by atoms with Crippen LogP contribution in [0.5, 0.6) is 0 Å². The molecule has 0 fully saturated rings. The van der Waals surface area contributed by atoms with Crippen LogP contribution in [0, 0.1) is 5.82 Å². The van der Waals surface area contributed by atoms with E-state index in [0.29, 0.717) is 24.1 Å². The molecule has 2 atom stereocenters. The fourth-order valence-electron chi connectivity index (χ4n) is 4.43. The van der Waals surface area contributed by atoms with E-state index in [0.717, 1.165) is 21.7 Å². The molecule has 3 aromatic carbocycles. The van der Waals surface area contributed by atoms with Gasteiger partial charge in [-0.2, -0.15) is 0 Å². The van der Waals surface area contributed by atoms with Gasteiger partial charge in [-0.05, 0) is 54.7 Å². The van der Waals surface area contributed by atoms with Crippen LogP contribution >= 0.6 is 0 Å². The number of benzene rings is 3. The summed E-state index contributed by atoms with van der Waals surface area (Å²) in [5.74, 6) is -1.30. The molecule has 0 aliphatic heterocycles. The molecule has 0 saturated heterocycles. The number of para-hydroxylation sites is 1. The van der Waals surface area contributed by atoms with Gasteiger partial charge in [0.2, 0.25) is 21.8 Å². The van der Waals surface area contributed by atoms with E-state index in [1.807, 2.05) is 63.2 Å². The Morgan fingerprint density at radius 1 is 0.900 bits per heavy atom. The van der Waals surface area contributed by atoms with Gasteiger partial charge >= 0.3 is 0 Å². The molecule has 9 heteroatoms. The molecule has 0 heterocycles. The number of nitrogens with one attached hydrogen (secondary N) is 1. The number of halogens is 1. The van der Waals surface area contributed by atoms with Crippen LogP contribution in [0.4, 0.5) is 10.1 Å². The standard InChI is InChI=1S/C31H38FN3O4S/c1-5-23(3)33-31(37)29(20-24-12-8-7-9-13-24)34(21-25-16-18-27(32)19-17-25)30(36)22-35(40(4,38)39)28-15-11-10-14-26(28)6-2/h7-19,23,29H,5-6,20-22H2,1-4H3,(H,33,37)/t23-,29+/m0/s1. The Labute approximate surface area is 237 Å². The molecule has 0 unspecified atom stereocenters. The number of carbonyl (C=O) groups is 2. The number of aryl methyl sites for hydroxylation is 1. The Bertz CT molecular complexity index is 1380. The van der Waals surface area contributed by atoms with E-state index in [9.17, 15) is 22.4 Å².